The highest BCUT2D eigenvalue weighted by atomic mass is 32.1. The summed E-state index contributed by atoms with van der Waals surface area (Å²) in [5.74, 6) is 2.85. The van der Waals surface area contributed by atoms with Crippen molar-refractivity contribution in [1.29, 1.82) is 0 Å². The molecule has 2 aromatic rings. The molecule has 21 heavy (non-hydrogen) atoms. The predicted molar refractivity (Wildman–Crippen MR) is 88.0 cm³/mol. The fourth-order valence-electron chi connectivity index (χ4n) is 6.12. The van der Waals surface area contributed by atoms with Crippen molar-refractivity contribution in [3.8, 4) is 0 Å². The zero-order valence-corrected chi connectivity index (χ0v) is 13.4. The minimum Gasteiger partial charge on any atom is -0.331 e. The van der Waals surface area contributed by atoms with Crippen molar-refractivity contribution in [3.63, 3.8) is 0 Å². The number of aryl methyl sites for hydroxylation is 1. The summed E-state index contributed by atoms with van der Waals surface area (Å²) in [6.45, 7) is 2.22. The molecular weight excluding hydrogens is 276 g/mol. The Hall–Kier alpha value is -1.09. The Kier molecular flexibility index (Phi) is 2.38. The second-order valence-electron chi connectivity index (χ2n) is 7.88. The maximum Gasteiger partial charge on any atom is 0.178 e. The first-order chi connectivity index (χ1) is 10.1. The fraction of sp³-hybridized carbons (Fsp3) is 0.611. The lowest BCUT2D eigenvalue weighted by atomic mass is 9.53. The van der Waals surface area contributed by atoms with Gasteiger partial charge in [-0.25, -0.2) is 0 Å². The molecule has 4 fully saturated rings. The van der Waals surface area contributed by atoms with Gasteiger partial charge in [-0.15, -0.1) is 0 Å². The summed E-state index contributed by atoms with van der Waals surface area (Å²) >= 11 is 5.76. The molecule has 0 atom stereocenters. The number of nitrogens with one attached hydrogen (secondary N) is 1. The van der Waals surface area contributed by atoms with Gasteiger partial charge in [-0.2, -0.15) is 0 Å². The number of rotatable bonds is 1. The Balaban J connectivity index is 1.78. The average Bonchev–Trinajstić information content (AvgIpc) is 2.75. The largest absolute Gasteiger partial charge is 0.331 e. The molecule has 4 aliphatic rings. The quantitative estimate of drug-likeness (QED) is 0.740. The minimum atomic E-state index is 0.316. The van der Waals surface area contributed by atoms with Crippen LogP contribution in [-0.2, 0) is 5.54 Å². The van der Waals surface area contributed by atoms with E-state index in [1.165, 1.54) is 55.1 Å². The van der Waals surface area contributed by atoms with Gasteiger partial charge in [0.15, 0.2) is 4.77 Å². The lowest BCUT2D eigenvalue weighted by Crippen LogP contribution is -2.51. The molecule has 1 heterocycles. The normalized spacial score (nSPS) is 37.5. The van der Waals surface area contributed by atoms with E-state index < -0.39 is 0 Å². The molecule has 4 aliphatic carbocycles. The molecule has 0 radical (unpaired) electrons. The van der Waals surface area contributed by atoms with Crippen molar-refractivity contribution in [2.24, 2.45) is 17.8 Å². The van der Waals surface area contributed by atoms with Crippen molar-refractivity contribution in [2.45, 2.75) is 51.0 Å². The molecular formula is C18H22N2S. The van der Waals surface area contributed by atoms with E-state index in [0.717, 1.165) is 22.5 Å². The van der Waals surface area contributed by atoms with Crippen molar-refractivity contribution in [1.82, 2.24) is 9.55 Å². The van der Waals surface area contributed by atoms with Crippen LogP contribution >= 0.6 is 12.2 Å². The summed E-state index contributed by atoms with van der Waals surface area (Å²) < 4.78 is 3.48. The standard InChI is InChI=1S/C18H22N2S/c1-11-3-2-4-15-16(11)20(17(21)19-15)18-8-12-5-13(9-18)7-14(6-12)10-18/h2-4,12-14H,5-10H2,1H3,(H,19,21). The Morgan fingerprint density at radius 2 is 1.71 bits per heavy atom. The van der Waals surface area contributed by atoms with E-state index >= 15 is 0 Å². The number of hydrogen-bond acceptors (Lipinski definition) is 1. The van der Waals surface area contributed by atoms with Gasteiger partial charge in [0.1, 0.15) is 0 Å². The van der Waals surface area contributed by atoms with Gasteiger partial charge in [0, 0.05) is 5.54 Å². The monoisotopic (exact) mass is 298 g/mol. The number of para-hydroxylation sites is 1. The van der Waals surface area contributed by atoms with Crippen LogP contribution in [0.25, 0.3) is 11.0 Å². The molecule has 110 valence electrons. The number of aromatic amines is 1. The molecule has 1 aromatic carbocycles. The van der Waals surface area contributed by atoms with Gasteiger partial charge in [0.05, 0.1) is 11.0 Å². The summed E-state index contributed by atoms with van der Waals surface area (Å²) in [5.41, 5.74) is 4.26. The molecule has 2 nitrogen and oxygen atoms in total. The second kappa shape index (κ2) is 4.01. The zero-order chi connectivity index (χ0) is 14.2. The Labute approximate surface area is 130 Å². The van der Waals surface area contributed by atoms with E-state index in [0.29, 0.717) is 5.54 Å². The van der Waals surface area contributed by atoms with E-state index in [9.17, 15) is 0 Å². The van der Waals surface area contributed by atoms with Crippen molar-refractivity contribution >= 4 is 23.3 Å². The molecule has 3 heteroatoms. The number of aromatic nitrogens is 2. The van der Waals surface area contributed by atoms with Crippen LogP contribution in [0.5, 0.6) is 0 Å². The third-order valence-electron chi connectivity index (χ3n) is 6.39. The van der Waals surface area contributed by atoms with Gasteiger partial charge in [-0.3, -0.25) is 0 Å². The first-order valence-corrected chi connectivity index (χ1v) is 8.76. The highest BCUT2D eigenvalue weighted by Gasteiger charge is 2.52. The topological polar surface area (TPSA) is 20.7 Å². The van der Waals surface area contributed by atoms with Crippen LogP contribution in [0.3, 0.4) is 0 Å². The van der Waals surface area contributed by atoms with E-state index in [-0.39, 0.29) is 0 Å². The lowest BCUT2D eigenvalue weighted by molar-refractivity contribution is -0.0417. The summed E-state index contributed by atoms with van der Waals surface area (Å²) in [5, 5.41) is 0. The minimum absolute atomic E-state index is 0.316. The molecule has 0 saturated heterocycles. The second-order valence-corrected chi connectivity index (χ2v) is 8.27. The number of imidazole rings is 1. The molecule has 1 aromatic heterocycles. The maximum atomic E-state index is 5.76. The van der Waals surface area contributed by atoms with Crippen LogP contribution in [0.1, 0.15) is 44.1 Å². The lowest BCUT2D eigenvalue weighted by Gasteiger charge is -2.57. The van der Waals surface area contributed by atoms with Gasteiger partial charge in [0.25, 0.3) is 0 Å². The van der Waals surface area contributed by atoms with Crippen LogP contribution in [0.15, 0.2) is 18.2 Å². The number of hydrogen-bond donors (Lipinski definition) is 1. The van der Waals surface area contributed by atoms with Crippen molar-refractivity contribution in [3.05, 3.63) is 28.5 Å². The van der Waals surface area contributed by atoms with Crippen LogP contribution in [0.4, 0.5) is 0 Å². The van der Waals surface area contributed by atoms with Gasteiger partial charge in [-0.1, -0.05) is 12.1 Å². The summed E-state index contributed by atoms with van der Waals surface area (Å²) in [7, 11) is 0. The molecule has 1 N–H and O–H groups in total. The first kappa shape index (κ1) is 12.5. The molecule has 4 bridgehead atoms. The average molecular weight is 298 g/mol. The molecule has 0 aliphatic heterocycles. The molecule has 6 rings (SSSR count). The van der Waals surface area contributed by atoms with E-state index in [1.807, 2.05) is 0 Å². The molecule has 4 saturated carbocycles. The first-order valence-electron chi connectivity index (χ1n) is 8.35. The number of fused-ring (bicyclic) bond motifs is 1. The van der Waals surface area contributed by atoms with Crippen molar-refractivity contribution < 1.29 is 0 Å². The Morgan fingerprint density at radius 1 is 1.10 bits per heavy atom. The third-order valence-corrected chi connectivity index (χ3v) is 6.67. The number of benzene rings is 1. The van der Waals surface area contributed by atoms with Gasteiger partial charge in [0.2, 0.25) is 0 Å². The summed E-state index contributed by atoms with van der Waals surface area (Å²) in [4.78, 5) is 3.47. The van der Waals surface area contributed by atoms with Crippen LogP contribution in [0.2, 0.25) is 0 Å². The zero-order valence-electron chi connectivity index (χ0n) is 12.6. The van der Waals surface area contributed by atoms with Gasteiger partial charge < -0.3 is 9.55 Å². The smallest absolute Gasteiger partial charge is 0.178 e. The summed E-state index contributed by atoms with van der Waals surface area (Å²) in [6, 6.07) is 6.53. The molecule has 0 amide bonds. The number of H-pyrrole nitrogens is 1. The van der Waals surface area contributed by atoms with Gasteiger partial charge in [-0.05, 0) is 87.1 Å². The van der Waals surface area contributed by atoms with Crippen LogP contribution in [0, 0.1) is 29.4 Å². The highest BCUT2D eigenvalue weighted by Crippen LogP contribution is 2.59. The Bertz CT molecular complexity index is 747. The maximum absolute atomic E-state index is 5.76. The summed E-state index contributed by atoms with van der Waals surface area (Å²) in [6.07, 6.45) is 8.51. The third kappa shape index (κ3) is 1.61. The van der Waals surface area contributed by atoms with Crippen LogP contribution < -0.4 is 0 Å². The number of nitrogens with zero attached hydrogens (tertiary/aromatic N) is 1. The highest BCUT2D eigenvalue weighted by molar-refractivity contribution is 7.71. The van der Waals surface area contributed by atoms with Gasteiger partial charge >= 0.3 is 0 Å². The van der Waals surface area contributed by atoms with E-state index in [1.54, 1.807) is 0 Å². The predicted octanol–water partition coefficient (Wildman–Crippen LogP) is 4.93. The van der Waals surface area contributed by atoms with Crippen LogP contribution in [-0.4, -0.2) is 9.55 Å². The molecule has 0 unspecified atom stereocenters. The van der Waals surface area contributed by atoms with E-state index in [2.05, 4.69) is 34.7 Å². The fourth-order valence-corrected chi connectivity index (χ4v) is 6.52. The molecule has 0 spiro atoms. The van der Waals surface area contributed by atoms with Crippen molar-refractivity contribution in [2.75, 3.05) is 0 Å². The SMILES string of the molecule is Cc1cccc2[nH]c(=S)n(C34CC5CC(CC(C5)C3)C4)c12. The Morgan fingerprint density at radius 3 is 2.33 bits per heavy atom. The van der Waals surface area contributed by atoms with E-state index in [4.69, 9.17) is 12.2 Å².